The van der Waals surface area contributed by atoms with Crippen molar-refractivity contribution in [1.82, 2.24) is 15.5 Å². The van der Waals surface area contributed by atoms with E-state index in [2.05, 4.69) is 15.5 Å². The first kappa shape index (κ1) is 14.8. The third-order valence-corrected chi connectivity index (χ3v) is 4.02. The van der Waals surface area contributed by atoms with Gasteiger partial charge in [0.05, 0.1) is 6.54 Å². The Balaban J connectivity index is 1.66. The van der Waals surface area contributed by atoms with Crippen molar-refractivity contribution >= 4 is 17.5 Å². The zero-order chi connectivity index (χ0) is 15.5. The van der Waals surface area contributed by atoms with E-state index in [4.69, 9.17) is 0 Å². The van der Waals surface area contributed by atoms with Gasteiger partial charge in [-0.1, -0.05) is 0 Å². The summed E-state index contributed by atoms with van der Waals surface area (Å²) in [6, 6.07) is 5.93. The SMILES string of the molecule is O=C1CN(C(=O)[C@H]2CN(c3ccc(F)cc3)CCN2)CCN1. The summed E-state index contributed by atoms with van der Waals surface area (Å²) in [4.78, 5) is 27.6. The summed E-state index contributed by atoms with van der Waals surface area (Å²) < 4.78 is 13.0. The summed E-state index contributed by atoms with van der Waals surface area (Å²) >= 11 is 0. The topological polar surface area (TPSA) is 64.7 Å². The number of carbonyl (C=O) groups is 2. The van der Waals surface area contributed by atoms with Crippen LogP contribution < -0.4 is 15.5 Å². The van der Waals surface area contributed by atoms with Crippen LogP contribution in [0, 0.1) is 5.82 Å². The van der Waals surface area contributed by atoms with Gasteiger partial charge in [-0.25, -0.2) is 4.39 Å². The van der Waals surface area contributed by atoms with E-state index >= 15 is 0 Å². The Hall–Kier alpha value is -2.15. The summed E-state index contributed by atoms with van der Waals surface area (Å²) in [6.45, 7) is 3.11. The van der Waals surface area contributed by atoms with E-state index in [1.54, 1.807) is 17.0 Å². The van der Waals surface area contributed by atoms with E-state index in [0.29, 0.717) is 26.2 Å². The molecule has 0 spiro atoms. The second-order valence-electron chi connectivity index (χ2n) is 5.54. The van der Waals surface area contributed by atoms with E-state index in [9.17, 15) is 14.0 Å². The number of anilines is 1. The minimum absolute atomic E-state index is 0.0540. The predicted octanol–water partition coefficient (Wildman–Crippen LogP) is -0.438. The van der Waals surface area contributed by atoms with Gasteiger partial charge in [-0.15, -0.1) is 0 Å². The number of carbonyl (C=O) groups excluding carboxylic acids is 2. The molecule has 0 unspecified atom stereocenters. The molecule has 2 aliphatic rings. The maximum Gasteiger partial charge on any atom is 0.242 e. The molecule has 1 aromatic rings. The maximum absolute atomic E-state index is 13.0. The van der Waals surface area contributed by atoms with Crippen molar-refractivity contribution < 1.29 is 14.0 Å². The third-order valence-electron chi connectivity index (χ3n) is 4.02. The number of halogens is 1. The van der Waals surface area contributed by atoms with Crippen molar-refractivity contribution in [3.8, 4) is 0 Å². The standard InChI is InChI=1S/C15H19FN4O2/c16-11-1-3-12(4-2-11)19-7-5-17-13(9-19)15(22)20-8-6-18-14(21)10-20/h1-4,13,17H,5-10H2,(H,18,21)/t13-/m1/s1. The molecule has 22 heavy (non-hydrogen) atoms. The van der Waals surface area contributed by atoms with Crippen molar-refractivity contribution in [1.29, 1.82) is 0 Å². The molecule has 1 aromatic carbocycles. The molecule has 1 atom stereocenters. The number of hydrogen-bond acceptors (Lipinski definition) is 4. The Bertz CT molecular complexity index is 563. The van der Waals surface area contributed by atoms with Gasteiger partial charge in [0.15, 0.2) is 0 Å². The van der Waals surface area contributed by atoms with E-state index in [0.717, 1.165) is 12.2 Å². The fourth-order valence-corrected chi connectivity index (χ4v) is 2.85. The van der Waals surface area contributed by atoms with Gasteiger partial charge < -0.3 is 20.4 Å². The van der Waals surface area contributed by atoms with Crippen LogP contribution in [0.25, 0.3) is 0 Å². The van der Waals surface area contributed by atoms with Crippen LogP contribution in [0.3, 0.4) is 0 Å². The predicted molar refractivity (Wildman–Crippen MR) is 80.0 cm³/mol. The molecule has 0 bridgehead atoms. The van der Waals surface area contributed by atoms with Crippen molar-refractivity contribution in [3.63, 3.8) is 0 Å². The van der Waals surface area contributed by atoms with Crippen LogP contribution in [0.4, 0.5) is 10.1 Å². The zero-order valence-electron chi connectivity index (χ0n) is 12.2. The fraction of sp³-hybridized carbons (Fsp3) is 0.467. The lowest BCUT2D eigenvalue weighted by Crippen LogP contribution is -2.61. The van der Waals surface area contributed by atoms with Gasteiger partial charge in [-0.2, -0.15) is 0 Å². The van der Waals surface area contributed by atoms with Crippen molar-refractivity contribution in [2.45, 2.75) is 6.04 Å². The zero-order valence-corrected chi connectivity index (χ0v) is 12.2. The summed E-state index contributed by atoms with van der Waals surface area (Å²) in [5.41, 5.74) is 0.900. The molecule has 0 saturated carbocycles. The van der Waals surface area contributed by atoms with Crippen LogP contribution >= 0.6 is 0 Å². The molecule has 2 N–H and O–H groups in total. The van der Waals surface area contributed by atoms with E-state index in [1.165, 1.54) is 12.1 Å². The van der Waals surface area contributed by atoms with Crippen LogP contribution in [-0.2, 0) is 9.59 Å². The molecule has 2 amide bonds. The Kier molecular flexibility index (Phi) is 4.24. The van der Waals surface area contributed by atoms with Gasteiger partial charge >= 0.3 is 0 Å². The Morgan fingerprint density at radius 2 is 1.95 bits per heavy atom. The maximum atomic E-state index is 13.0. The van der Waals surface area contributed by atoms with Gasteiger partial charge in [-0.3, -0.25) is 9.59 Å². The highest BCUT2D eigenvalue weighted by Gasteiger charge is 2.31. The largest absolute Gasteiger partial charge is 0.368 e. The van der Waals surface area contributed by atoms with Gasteiger partial charge in [0.25, 0.3) is 0 Å². The molecule has 7 heteroatoms. The highest BCUT2D eigenvalue weighted by molar-refractivity contribution is 5.89. The number of piperazine rings is 2. The van der Waals surface area contributed by atoms with Crippen LogP contribution in [0.15, 0.2) is 24.3 Å². The van der Waals surface area contributed by atoms with Gasteiger partial charge in [0.2, 0.25) is 11.8 Å². The molecule has 3 rings (SSSR count). The van der Waals surface area contributed by atoms with Gasteiger partial charge in [0.1, 0.15) is 11.9 Å². The second-order valence-corrected chi connectivity index (χ2v) is 5.54. The van der Waals surface area contributed by atoms with Crippen LogP contribution in [-0.4, -0.2) is 62.0 Å². The lowest BCUT2D eigenvalue weighted by molar-refractivity contribution is -0.139. The molecule has 2 saturated heterocycles. The number of benzene rings is 1. The molecule has 0 aromatic heterocycles. The Morgan fingerprint density at radius 3 is 2.68 bits per heavy atom. The van der Waals surface area contributed by atoms with Crippen LogP contribution in [0.5, 0.6) is 0 Å². The molecule has 0 radical (unpaired) electrons. The minimum Gasteiger partial charge on any atom is -0.368 e. The smallest absolute Gasteiger partial charge is 0.242 e. The van der Waals surface area contributed by atoms with Crippen molar-refractivity contribution in [2.24, 2.45) is 0 Å². The molecule has 0 aliphatic carbocycles. The fourth-order valence-electron chi connectivity index (χ4n) is 2.85. The number of nitrogens with one attached hydrogen (secondary N) is 2. The Morgan fingerprint density at radius 1 is 1.18 bits per heavy atom. The number of rotatable bonds is 2. The lowest BCUT2D eigenvalue weighted by Gasteiger charge is -2.37. The second kappa shape index (κ2) is 6.31. The summed E-state index contributed by atoms with van der Waals surface area (Å²) in [5.74, 6) is -0.446. The summed E-state index contributed by atoms with van der Waals surface area (Å²) in [5, 5.41) is 5.91. The molecule has 2 aliphatic heterocycles. The van der Waals surface area contributed by atoms with Crippen molar-refractivity contribution in [2.75, 3.05) is 44.2 Å². The monoisotopic (exact) mass is 306 g/mol. The number of nitrogens with zero attached hydrogens (tertiary/aromatic N) is 2. The van der Waals surface area contributed by atoms with Gasteiger partial charge in [-0.05, 0) is 24.3 Å². The quantitative estimate of drug-likeness (QED) is 0.778. The van der Waals surface area contributed by atoms with Gasteiger partial charge in [0, 0.05) is 38.4 Å². The summed E-state index contributed by atoms with van der Waals surface area (Å²) in [6.07, 6.45) is 0. The normalized spacial score (nSPS) is 22.4. The minimum atomic E-state index is -0.343. The van der Waals surface area contributed by atoms with E-state index in [-0.39, 0.29) is 30.2 Å². The van der Waals surface area contributed by atoms with E-state index in [1.807, 2.05) is 0 Å². The van der Waals surface area contributed by atoms with Crippen LogP contribution in [0.2, 0.25) is 0 Å². The molecule has 6 nitrogen and oxygen atoms in total. The highest BCUT2D eigenvalue weighted by Crippen LogP contribution is 2.17. The molecular formula is C15H19FN4O2. The molecular weight excluding hydrogens is 287 g/mol. The van der Waals surface area contributed by atoms with Crippen LogP contribution in [0.1, 0.15) is 0 Å². The first-order valence-electron chi connectivity index (χ1n) is 7.43. The molecule has 2 fully saturated rings. The van der Waals surface area contributed by atoms with Crippen molar-refractivity contribution in [3.05, 3.63) is 30.1 Å². The first-order valence-corrected chi connectivity index (χ1v) is 7.43. The first-order chi connectivity index (χ1) is 10.6. The number of hydrogen-bond donors (Lipinski definition) is 2. The number of amides is 2. The lowest BCUT2D eigenvalue weighted by atomic mass is 10.1. The average molecular weight is 306 g/mol. The molecule has 2 heterocycles. The molecule has 118 valence electrons. The third kappa shape index (κ3) is 3.19. The average Bonchev–Trinajstić information content (AvgIpc) is 2.55. The summed E-state index contributed by atoms with van der Waals surface area (Å²) in [7, 11) is 0. The van der Waals surface area contributed by atoms with E-state index < -0.39 is 0 Å². The Labute approximate surface area is 128 Å². The highest BCUT2D eigenvalue weighted by atomic mass is 19.1.